The number of carbonyl (C=O) groups excluding carboxylic acids is 2. The molecule has 0 aliphatic heterocycles. The molecule has 5 nitrogen and oxygen atoms in total. The van der Waals surface area contributed by atoms with Crippen LogP contribution in [0.1, 0.15) is 19.3 Å². The lowest BCUT2D eigenvalue weighted by atomic mass is 10.1. The molecule has 0 spiro atoms. The van der Waals surface area contributed by atoms with E-state index in [0.29, 0.717) is 6.42 Å². The molecule has 0 radical (unpaired) electrons. The van der Waals surface area contributed by atoms with Gasteiger partial charge < -0.3 is 15.5 Å². The van der Waals surface area contributed by atoms with Crippen LogP contribution in [0.4, 0.5) is 0 Å². The molecule has 0 aliphatic carbocycles. The number of hydrogen-bond acceptors (Lipinski definition) is 3. The van der Waals surface area contributed by atoms with Crippen molar-refractivity contribution in [1.82, 2.24) is 15.5 Å². The first kappa shape index (κ1) is 15.6. The van der Waals surface area contributed by atoms with Gasteiger partial charge in [-0.05, 0) is 46.0 Å². The van der Waals surface area contributed by atoms with Gasteiger partial charge in [0.15, 0.2) is 0 Å². The normalized spacial score (nSPS) is 12.0. The summed E-state index contributed by atoms with van der Waals surface area (Å²) >= 11 is 0. The van der Waals surface area contributed by atoms with Gasteiger partial charge in [-0.15, -0.1) is 0 Å². The fourth-order valence-electron chi connectivity index (χ4n) is 1.45. The molecule has 98 valence electrons. The molecule has 1 unspecified atom stereocenters. The summed E-state index contributed by atoms with van der Waals surface area (Å²) in [7, 11) is 5.58. The molecule has 5 heteroatoms. The smallest absolute Gasteiger partial charge is 0.244 e. The van der Waals surface area contributed by atoms with E-state index in [1.165, 1.54) is 6.08 Å². The Bertz CT molecular complexity index is 264. The summed E-state index contributed by atoms with van der Waals surface area (Å²) in [5, 5.41) is 5.17. The number of amides is 2. The minimum atomic E-state index is -0.465. The molecule has 2 N–H and O–H groups in total. The Kier molecular flexibility index (Phi) is 8.05. The molecule has 0 aromatic heterocycles. The van der Waals surface area contributed by atoms with Crippen LogP contribution in [0.15, 0.2) is 12.7 Å². The van der Waals surface area contributed by atoms with Crippen LogP contribution in [0, 0.1) is 0 Å². The van der Waals surface area contributed by atoms with E-state index < -0.39 is 6.04 Å². The van der Waals surface area contributed by atoms with Gasteiger partial charge in [-0.1, -0.05) is 6.58 Å². The summed E-state index contributed by atoms with van der Waals surface area (Å²) in [6.45, 7) is 4.35. The van der Waals surface area contributed by atoms with Gasteiger partial charge in [-0.2, -0.15) is 0 Å². The first-order valence-corrected chi connectivity index (χ1v) is 5.80. The van der Waals surface area contributed by atoms with Gasteiger partial charge in [-0.25, -0.2) is 0 Å². The number of carbonyl (C=O) groups is 2. The van der Waals surface area contributed by atoms with E-state index in [9.17, 15) is 9.59 Å². The van der Waals surface area contributed by atoms with Crippen LogP contribution in [0.25, 0.3) is 0 Å². The van der Waals surface area contributed by atoms with Gasteiger partial charge in [0.05, 0.1) is 0 Å². The predicted octanol–water partition coefficient (Wildman–Crippen LogP) is 0.135. The monoisotopic (exact) mass is 241 g/mol. The molecule has 0 rings (SSSR count). The molecule has 0 saturated heterocycles. The summed E-state index contributed by atoms with van der Waals surface area (Å²) in [5.41, 5.74) is 0. The van der Waals surface area contributed by atoms with Crippen molar-refractivity contribution in [3.05, 3.63) is 12.7 Å². The number of rotatable bonds is 8. The van der Waals surface area contributed by atoms with Crippen molar-refractivity contribution < 1.29 is 9.59 Å². The second-order valence-electron chi connectivity index (χ2n) is 4.18. The zero-order valence-electron chi connectivity index (χ0n) is 11.0. The van der Waals surface area contributed by atoms with Crippen LogP contribution in [-0.4, -0.2) is 50.4 Å². The zero-order valence-corrected chi connectivity index (χ0v) is 11.0. The largest absolute Gasteiger partial charge is 0.357 e. The lowest BCUT2D eigenvalue weighted by Crippen LogP contribution is -2.45. The van der Waals surface area contributed by atoms with Gasteiger partial charge in [-0.3, -0.25) is 9.59 Å². The Morgan fingerprint density at radius 1 is 1.35 bits per heavy atom. The molecule has 0 saturated carbocycles. The van der Waals surface area contributed by atoms with Crippen LogP contribution in [0.3, 0.4) is 0 Å². The second kappa shape index (κ2) is 8.75. The van der Waals surface area contributed by atoms with E-state index in [1.807, 2.05) is 14.1 Å². The Morgan fingerprint density at radius 3 is 2.47 bits per heavy atom. The number of nitrogens with one attached hydrogen (secondary N) is 2. The highest BCUT2D eigenvalue weighted by Crippen LogP contribution is 2.02. The molecule has 0 aromatic rings. The van der Waals surface area contributed by atoms with Gasteiger partial charge in [0.1, 0.15) is 6.04 Å². The quantitative estimate of drug-likeness (QED) is 0.469. The average Bonchev–Trinajstić information content (AvgIpc) is 2.31. The fourth-order valence-corrected chi connectivity index (χ4v) is 1.45. The molecule has 0 aliphatic rings. The number of hydrogen-bond donors (Lipinski definition) is 2. The standard InChI is InChI=1S/C12H23N3O2/c1-5-11(16)14-10(12(17)13-2)8-6-7-9-15(3)4/h5,10H,1,6-9H2,2-4H3,(H,13,17)(H,14,16). The van der Waals surface area contributed by atoms with Gasteiger partial charge in [0, 0.05) is 7.05 Å². The maximum atomic E-state index is 11.5. The van der Waals surface area contributed by atoms with E-state index in [1.54, 1.807) is 7.05 Å². The zero-order chi connectivity index (χ0) is 13.3. The Balaban J connectivity index is 4.06. The Labute approximate surface area is 103 Å². The van der Waals surface area contributed by atoms with Crippen LogP contribution in [0.2, 0.25) is 0 Å². The van der Waals surface area contributed by atoms with Crippen molar-refractivity contribution in [2.75, 3.05) is 27.7 Å². The van der Waals surface area contributed by atoms with Crippen LogP contribution >= 0.6 is 0 Å². The van der Waals surface area contributed by atoms with Gasteiger partial charge in [0.25, 0.3) is 0 Å². The van der Waals surface area contributed by atoms with Gasteiger partial charge >= 0.3 is 0 Å². The van der Waals surface area contributed by atoms with E-state index >= 15 is 0 Å². The topological polar surface area (TPSA) is 61.4 Å². The molecule has 1 atom stereocenters. The molecule has 0 fully saturated rings. The minimum absolute atomic E-state index is 0.162. The van der Waals surface area contributed by atoms with E-state index in [-0.39, 0.29) is 11.8 Å². The van der Waals surface area contributed by atoms with Crippen molar-refractivity contribution in [1.29, 1.82) is 0 Å². The lowest BCUT2D eigenvalue weighted by molar-refractivity contribution is -0.126. The molecule has 0 heterocycles. The summed E-state index contributed by atoms with van der Waals surface area (Å²) < 4.78 is 0. The van der Waals surface area contributed by atoms with Crippen molar-refractivity contribution in [3.63, 3.8) is 0 Å². The molecule has 0 bridgehead atoms. The van der Waals surface area contributed by atoms with Crippen molar-refractivity contribution in [2.45, 2.75) is 25.3 Å². The molecular formula is C12H23N3O2. The van der Waals surface area contributed by atoms with Crippen LogP contribution < -0.4 is 10.6 Å². The first-order chi connectivity index (χ1) is 8.01. The Morgan fingerprint density at radius 2 is 2.00 bits per heavy atom. The number of likely N-dealkylation sites (N-methyl/N-ethyl adjacent to an activating group) is 1. The van der Waals surface area contributed by atoms with Crippen molar-refractivity contribution in [2.24, 2.45) is 0 Å². The van der Waals surface area contributed by atoms with Crippen LogP contribution in [-0.2, 0) is 9.59 Å². The van der Waals surface area contributed by atoms with Crippen LogP contribution in [0.5, 0.6) is 0 Å². The maximum Gasteiger partial charge on any atom is 0.244 e. The van der Waals surface area contributed by atoms with Crippen molar-refractivity contribution in [3.8, 4) is 0 Å². The third-order valence-electron chi connectivity index (χ3n) is 2.41. The molecule has 0 aromatic carbocycles. The average molecular weight is 241 g/mol. The third-order valence-corrected chi connectivity index (χ3v) is 2.41. The molecule has 2 amide bonds. The fraction of sp³-hybridized carbons (Fsp3) is 0.667. The molecule has 17 heavy (non-hydrogen) atoms. The predicted molar refractivity (Wildman–Crippen MR) is 68.6 cm³/mol. The summed E-state index contributed by atoms with van der Waals surface area (Å²) in [5.74, 6) is -0.476. The minimum Gasteiger partial charge on any atom is -0.357 e. The number of nitrogens with zero attached hydrogens (tertiary/aromatic N) is 1. The molecular weight excluding hydrogens is 218 g/mol. The Hall–Kier alpha value is -1.36. The lowest BCUT2D eigenvalue weighted by Gasteiger charge is -2.16. The second-order valence-corrected chi connectivity index (χ2v) is 4.18. The van der Waals surface area contributed by atoms with E-state index in [0.717, 1.165) is 19.4 Å². The summed E-state index contributed by atoms with van der Waals surface area (Å²) in [4.78, 5) is 24.8. The first-order valence-electron chi connectivity index (χ1n) is 5.80. The highest BCUT2D eigenvalue weighted by molar-refractivity contribution is 5.92. The number of unbranched alkanes of at least 4 members (excludes halogenated alkanes) is 1. The van der Waals surface area contributed by atoms with Crippen molar-refractivity contribution >= 4 is 11.8 Å². The van der Waals surface area contributed by atoms with E-state index in [4.69, 9.17) is 0 Å². The summed E-state index contributed by atoms with van der Waals surface area (Å²) in [6, 6.07) is -0.465. The third kappa shape index (κ3) is 7.52. The summed E-state index contributed by atoms with van der Waals surface area (Å²) in [6.07, 6.45) is 3.72. The van der Waals surface area contributed by atoms with Gasteiger partial charge in [0.2, 0.25) is 11.8 Å². The maximum absolute atomic E-state index is 11.5. The highest BCUT2D eigenvalue weighted by Gasteiger charge is 2.17. The highest BCUT2D eigenvalue weighted by atomic mass is 16.2. The SMILES string of the molecule is C=CC(=O)NC(CCCCN(C)C)C(=O)NC. The van der Waals surface area contributed by atoms with E-state index in [2.05, 4.69) is 22.1 Å².